The van der Waals surface area contributed by atoms with E-state index in [9.17, 15) is 9.59 Å². The van der Waals surface area contributed by atoms with Crippen molar-refractivity contribution in [3.63, 3.8) is 0 Å². The molecule has 2 aromatic carbocycles. The lowest BCUT2D eigenvalue weighted by Gasteiger charge is -2.08. The molecule has 0 bridgehead atoms. The standard InChI is InChI=1S/C18H16O4/c19-17(22-16-10-11-21-18(16)20)12-13-6-8-15(9-7-13)14-4-2-1-3-5-14/h1-9,16H,10-12H2. The molecule has 1 saturated heterocycles. The molecule has 4 nitrogen and oxygen atoms in total. The highest BCUT2D eigenvalue weighted by Gasteiger charge is 2.29. The first-order valence-electron chi connectivity index (χ1n) is 7.23. The van der Waals surface area contributed by atoms with E-state index >= 15 is 0 Å². The third-order valence-corrected chi connectivity index (χ3v) is 3.57. The Morgan fingerprint density at radius 3 is 2.36 bits per heavy atom. The first kappa shape index (κ1) is 14.3. The van der Waals surface area contributed by atoms with E-state index in [0.717, 1.165) is 16.7 Å². The Morgan fingerprint density at radius 2 is 1.73 bits per heavy atom. The number of benzene rings is 2. The van der Waals surface area contributed by atoms with E-state index in [4.69, 9.17) is 9.47 Å². The van der Waals surface area contributed by atoms with Crippen LogP contribution in [-0.4, -0.2) is 24.6 Å². The zero-order valence-corrected chi connectivity index (χ0v) is 12.0. The summed E-state index contributed by atoms with van der Waals surface area (Å²) in [7, 11) is 0. The fourth-order valence-electron chi connectivity index (χ4n) is 2.40. The van der Waals surface area contributed by atoms with Crippen molar-refractivity contribution >= 4 is 11.9 Å². The van der Waals surface area contributed by atoms with Crippen LogP contribution in [0.2, 0.25) is 0 Å². The van der Waals surface area contributed by atoms with Gasteiger partial charge in [-0.2, -0.15) is 0 Å². The largest absolute Gasteiger partial charge is 0.463 e. The first-order chi connectivity index (χ1) is 10.7. The zero-order valence-electron chi connectivity index (χ0n) is 12.0. The highest BCUT2D eigenvalue weighted by Crippen LogP contribution is 2.20. The van der Waals surface area contributed by atoms with Crippen molar-refractivity contribution in [3.05, 3.63) is 60.2 Å². The van der Waals surface area contributed by atoms with Crippen molar-refractivity contribution in [3.8, 4) is 11.1 Å². The zero-order chi connectivity index (χ0) is 15.4. The van der Waals surface area contributed by atoms with Crippen LogP contribution in [0.15, 0.2) is 54.6 Å². The van der Waals surface area contributed by atoms with Gasteiger partial charge in [-0.15, -0.1) is 0 Å². The Kier molecular flexibility index (Phi) is 4.19. The van der Waals surface area contributed by atoms with E-state index in [2.05, 4.69) is 0 Å². The highest BCUT2D eigenvalue weighted by molar-refractivity contribution is 5.81. The van der Waals surface area contributed by atoms with Crippen LogP contribution in [-0.2, 0) is 25.5 Å². The summed E-state index contributed by atoms with van der Waals surface area (Å²) in [5.41, 5.74) is 3.08. The maximum Gasteiger partial charge on any atom is 0.347 e. The average Bonchev–Trinajstić information content (AvgIpc) is 2.94. The van der Waals surface area contributed by atoms with Gasteiger partial charge in [0.05, 0.1) is 13.0 Å². The smallest absolute Gasteiger partial charge is 0.347 e. The Labute approximate surface area is 128 Å². The van der Waals surface area contributed by atoms with Gasteiger partial charge in [0.25, 0.3) is 0 Å². The average molecular weight is 296 g/mol. The molecule has 1 unspecified atom stereocenters. The highest BCUT2D eigenvalue weighted by atomic mass is 16.6. The number of rotatable bonds is 4. The molecule has 1 aliphatic heterocycles. The molecule has 1 heterocycles. The summed E-state index contributed by atoms with van der Waals surface area (Å²) in [6, 6.07) is 17.8. The molecule has 0 radical (unpaired) electrons. The molecular weight excluding hydrogens is 280 g/mol. The van der Waals surface area contributed by atoms with Gasteiger partial charge in [0.2, 0.25) is 6.10 Å². The van der Waals surface area contributed by atoms with Gasteiger partial charge in [0, 0.05) is 6.42 Å². The summed E-state index contributed by atoms with van der Waals surface area (Å²) in [5.74, 6) is -0.857. The second kappa shape index (κ2) is 6.43. The molecule has 4 heteroatoms. The lowest BCUT2D eigenvalue weighted by molar-refractivity contribution is -0.159. The van der Waals surface area contributed by atoms with Gasteiger partial charge in [0.1, 0.15) is 0 Å². The summed E-state index contributed by atoms with van der Waals surface area (Å²) < 4.78 is 9.89. The fourth-order valence-corrected chi connectivity index (χ4v) is 2.40. The van der Waals surface area contributed by atoms with Crippen LogP contribution in [0.5, 0.6) is 0 Å². The van der Waals surface area contributed by atoms with Gasteiger partial charge in [-0.3, -0.25) is 4.79 Å². The number of esters is 2. The second-order valence-corrected chi connectivity index (χ2v) is 5.17. The monoisotopic (exact) mass is 296 g/mol. The van der Waals surface area contributed by atoms with Gasteiger partial charge in [-0.25, -0.2) is 4.79 Å². The summed E-state index contributed by atoms with van der Waals surface area (Å²) in [6.45, 7) is 0.322. The van der Waals surface area contributed by atoms with Crippen molar-refractivity contribution in [1.29, 1.82) is 0 Å². The van der Waals surface area contributed by atoms with Gasteiger partial charge in [-0.1, -0.05) is 54.6 Å². The predicted molar refractivity (Wildman–Crippen MR) is 81.0 cm³/mol. The summed E-state index contributed by atoms with van der Waals surface area (Å²) in [4.78, 5) is 23.1. The Bertz CT molecular complexity index is 661. The van der Waals surface area contributed by atoms with Crippen LogP contribution < -0.4 is 0 Å². The molecular formula is C18H16O4. The van der Waals surface area contributed by atoms with Crippen molar-refractivity contribution in [2.45, 2.75) is 18.9 Å². The van der Waals surface area contributed by atoms with Gasteiger partial charge >= 0.3 is 11.9 Å². The third kappa shape index (κ3) is 3.34. The number of carbonyl (C=O) groups is 2. The molecule has 0 N–H and O–H groups in total. The maximum absolute atomic E-state index is 11.8. The SMILES string of the molecule is O=C(Cc1ccc(-c2ccccc2)cc1)OC1CCOC1=O. The minimum atomic E-state index is -0.740. The molecule has 1 atom stereocenters. The topological polar surface area (TPSA) is 52.6 Å². The van der Waals surface area contributed by atoms with Gasteiger partial charge in [-0.05, 0) is 16.7 Å². The molecule has 2 aromatic rings. The van der Waals surface area contributed by atoms with E-state index in [1.54, 1.807) is 0 Å². The quantitative estimate of drug-likeness (QED) is 0.814. The Balaban J connectivity index is 1.61. The predicted octanol–water partition coefficient (Wildman–Crippen LogP) is 2.75. The first-order valence-corrected chi connectivity index (χ1v) is 7.23. The van der Waals surface area contributed by atoms with Crippen LogP contribution in [0.3, 0.4) is 0 Å². The second-order valence-electron chi connectivity index (χ2n) is 5.17. The molecule has 112 valence electrons. The molecule has 22 heavy (non-hydrogen) atoms. The van der Waals surface area contributed by atoms with Gasteiger partial charge < -0.3 is 9.47 Å². The number of hydrogen-bond acceptors (Lipinski definition) is 4. The molecule has 3 rings (SSSR count). The van der Waals surface area contributed by atoms with Gasteiger partial charge in [0.15, 0.2) is 0 Å². The van der Waals surface area contributed by atoms with Crippen molar-refractivity contribution < 1.29 is 19.1 Å². The molecule has 1 fully saturated rings. The van der Waals surface area contributed by atoms with E-state index < -0.39 is 18.0 Å². The lowest BCUT2D eigenvalue weighted by Crippen LogP contribution is -2.23. The number of cyclic esters (lactones) is 1. The third-order valence-electron chi connectivity index (χ3n) is 3.57. The number of hydrogen-bond donors (Lipinski definition) is 0. The van der Waals surface area contributed by atoms with Crippen LogP contribution in [0, 0.1) is 0 Å². The Morgan fingerprint density at radius 1 is 1.05 bits per heavy atom. The lowest BCUT2D eigenvalue weighted by atomic mass is 10.0. The number of carbonyl (C=O) groups excluding carboxylic acids is 2. The molecule has 1 aliphatic rings. The maximum atomic E-state index is 11.8. The molecule has 0 aromatic heterocycles. The molecule has 0 amide bonds. The van der Waals surface area contributed by atoms with E-state index in [1.807, 2.05) is 54.6 Å². The Hall–Kier alpha value is -2.62. The molecule has 0 spiro atoms. The molecule has 0 saturated carbocycles. The van der Waals surface area contributed by atoms with Crippen LogP contribution in [0.4, 0.5) is 0 Å². The minimum Gasteiger partial charge on any atom is -0.463 e. The van der Waals surface area contributed by atoms with Crippen LogP contribution in [0.25, 0.3) is 11.1 Å². The van der Waals surface area contributed by atoms with E-state index in [1.165, 1.54) is 0 Å². The van der Waals surface area contributed by atoms with Crippen molar-refractivity contribution in [2.75, 3.05) is 6.61 Å². The van der Waals surface area contributed by atoms with Crippen molar-refractivity contribution in [2.24, 2.45) is 0 Å². The van der Waals surface area contributed by atoms with E-state index in [0.29, 0.717) is 13.0 Å². The normalized spacial score (nSPS) is 17.1. The fraction of sp³-hybridized carbons (Fsp3) is 0.222. The summed E-state index contributed by atoms with van der Waals surface area (Å²) in [5, 5.41) is 0. The summed E-state index contributed by atoms with van der Waals surface area (Å²) in [6.07, 6.45) is -0.146. The minimum absolute atomic E-state index is 0.152. The summed E-state index contributed by atoms with van der Waals surface area (Å²) >= 11 is 0. The van der Waals surface area contributed by atoms with Crippen LogP contribution in [0.1, 0.15) is 12.0 Å². The molecule has 0 aliphatic carbocycles. The van der Waals surface area contributed by atoms with Crippen molar-refractivity contribution in [1.82, 2.24) is 0 Å². The van der Waals surface area contributed by atoms with Crippen LogP contribution >= 0.6 is 0 Å². The van der Waals surface area contributed by atoms with E-state index in [-0.39, 0.29) is 6.42 Å². The number of ether oxygens (including phenoxy) is 2.